The Morgan fingerprint density at radius 3 is 2.65 bits per heavy atom. The highest BCUT2D eigenvalue weighted by atomic mass is 19.1. The van der Waals surface area contributed by atoms with E-state index in [1.165, 1.54) is 12.1 Å². The zero-order valence-corrected chi connectivity index (χ0v) is 11.7. The first-order valence-corrected chi connectivity index (χ1v) is 6.30. The van der Waals surface area contributed by atoms with Crippen LogP contribution in [0.15, 0.2) is 30.5 Å². The fourth-order valence-corrected chi connectivity index (χ4v) is 1.40. The molecule has 0 aliphatic rings. The molecule has 0 atom stereocenters. The topological polar surface area (TPSA) is 58.8 Å². The molecular formula is C15H16FN3O. The number of hydrogen-bond acceptors (Lipinski definition) is 4. The number of benzene rings is 1. The van der Waals surface area contributed by atoms with E-state index < -0.39 is 5.82 Å². The lowest BCUT2D eigenvalue weighted by Crippen LogP contribution is -2.01. The van der Waals surface area contributed by atoms with Gasteiger partial charge in [0.25, 0.3) is 0 Å². The number of ether oxygens (including phenoxy) is 1. The second kappa shape index (κ2) is 7.85. The van der Waals surface area contributed by atoms with Crippen molar-refractivity contribution < 1.29 is 9.13 Å². The lowest BCUT2D eigenvalue weighted by atomic mass is 10.1. The van der Waals surface area contributed by atoms with Crippen molar-refractivity contribution in [3.63, 3.8) is 0 Å². The summed E-state index contributed by atoms with van der Waals surface area (Å²) < 4.78 is 18.9. The van der Waals surface area contributed by atoms with E-state index in [1.54, 1.807) is 25.3 Å². The second-order valence-corrected chi connectivity index (χ2v) is 3.65. The summed E-state index contributed by atoms with van der Waals surface area (Å²) in [5.41, 5.74) is 0.666. The first kappa shape index (κ1) is 15.6. The molecule has 2 rings (SSSR count). The average Bonchev–Trinajstić information content (AvgIpc) is 2.48. The van der Waals surface area contributed by atoms with Gasteiger partial charge in [0.15, 0.2) is 0 Å². The second-order valence-electron chi connectivity index (χ2n) is 3.65. The van der Waals surface area contributed by atoms with Crippen LogP contribution in [-0.4, -0.2) is 9.97 Å². The van der Waals surface area contributed by atoms with Crippen LogP contribution >= 0.6 is 0 Å². The van der Waals surface area contributed by atoms with Gasteiger partial charge in [0.2, 0.25) is 5.88 Å². The molecule has 0 fully saturated rings. The van der Waals surface area contributed by atoms with E-state index in [0.717, 1.165) is 0 Å². The SMILES string of the molecule is CC.Cc1nccc(OCc2ccc(C#N)cc2F)n1. The first-order chi connectivity index (χ1) is 9.69. The largest absolute Gasteiger partial charge is 0.473 e. The third-order valence-electron chi connectivity index (χ3n) is 2.31. The van der Waals surface area contributed by atoms with Crippen LogP contribution in [0.25, 0.3) is 0 Å². The molecule has 1 heterocycles. The molecule has 4 nitrogen and oxygen atoms in total. The molecule has 1 aromatic heterocycles. The van der Waals surface area contributed by atoms with E-state index in [2.05, 4.69) is 9.97 Å². The molecule has 20 heavy (non-hydrogen) atoms. The fraction of sp³-hybridized carbons (Fsp3) is 0.267. The van der Waals surface area contributed by atoms with Crippen molar-refractivity contribution in [1.29, 1.82) is 5.26 Å². The van der Waals surface area contributed by atoms with Gasteiger partial charge in [-0.3, -0.25) is 0 Å². The van der Waals surface area contributed by atoms with Crippen molar-refractivity contribution in [1.82, 2.24) is 9.97 Å². The summed E-state index contributed by atoms with van der Waals surface area (Å²) in [6.07, 6.45) is 1.58. The number of nitriles is 1. The Morgan fingerprint density at radius 2 is 2.05 bits per heavy atom. The zero-order valence-electron chi connectivity index (χ0n) is 11.7. The van der Waals surface area contributed by atoms with E-state index >= 15 is 0 Å². The van der Waals surface area contributed by atoms with Crippen molar-refractivity contribution in [3.05, 3.63) is 53.2 Å². The van der Waals surface area contributed by atoms with Crippen LogP contribution in [0.4, 0.5) is 4.39 Å². The molecular weight excluding hydrogens is 257 g/mol. The minimum atomic E-state index is -0.458. The summed E-state index contributed by atoms with van der Waals surface area (Å²) in [5.74, 6) is 0.527. The Kier molecular flexibility index (Phi) is 6.11. The monoisotopic (exact) mass is 273 g/mol. The summed E-state index contributed by atoms with van der Waals surface area (Å²) in [6.45, 7) is 5.81. The quantitative estimate of drug-likeness (QED) is 0.860. The maximum atomic E-state index is 13.6. The fourth-order valence-electron chi connectivity index (χ4n) is 1.40. The Balaban J connectivity index is 0.000000956. The maximum Gasteiger partial charge on any atom is 0.216 e. The highest BCUT2D eigenvalue weighted by Gasteiger charge is 2.05. The van der Waals surface area contributed by atoms with Gasteiger partial charge in [-0.05, 0) is 19.1 Å². The number of nitrogens with zero attached hydrogens (tertiary/aromatic N) is 3. The van der Waals surface area contributed by atoms with Crippen molar-refractivity contribution in [2.24, 2.45) is 0 Å². The van der Waals surface area contributed by atoms with Gasteiger partial charge < -0.3 is 4.74 Å². The molecule has 0 N–H and O–H groups in total. The molecule has 1 aromatic carbocycles. The van der Waals surface area contributed by atoms with E-state index in [9.17, 15) is 4.39 Å². The molecule has 0 bridgehead atoms. The Labute approximate surface area is 117 Å². The van der Waals surface area contributed by atoms with Crippen LogP contribution in [-0.2, 0) is 6.61 Å². The van der Waals surface area contributed by atoms with Gasteiger partial charge in [-0.2, -0.15) is 10.2 Å². The number of aromatic nitrogens is 2. The van der Waals surface area contributed by atoms with Crippen LogP contribution in [0.2, 0.25) is 0 Å². The molecule has 0 unspecified atom stereocenters. The minimum absolute atomic E-state index is 0.0635. The molecule has 2 aromatic rings. The van der Waals surface area contributed by atoms with E-state index in [4.69, 9.17) is 10.00 Å². The summed E-state index contributed by atoms with van der Waals surface area (Å²) in [6, 6.07) is 7.74. The predicted molar refractivity (Wildman–Crippen MR) is 73.6 cm³/mol. The van der Waals surface area contributed by atoms with Crippen LogP contribution < -0.4 is 4.74 Å². The molecule has 0 aliphatic carbocycles. The van der Waals surface area contributed by atoms with E-state index in [0.29, 0.717) is 17.3 Å². The molecule has 0 saturated heterocycles. The third kappa shape index (κ3) is 4.32. The lowest BCUT2D eigenvalue weighted by Gasteiger charge is -2.06. The molecule has 0 radical (unpaired) electrons. The number of aryl methyl sites for hydroxylation is 1. The highest BCUT2D eigenvalue weighted by molar-refractivity contribution is 5.32. The van der Waals surface area contributed by atoms with Crippen LogP contribution in [0, 0.1) is 24.1 Å². The summed E-state index contributed by atoms with van der Waals surface area (Å²) in [5, 5.41) is 8.63. The van der Waals surface area contributed by atoms with Gasteiger partial charge in [-0.25, -0.2) is 9.37 Å². The third-order valence-corrected chi connectivity index (χ3v) is 2.31. The average molecular weight is 273 g/mol. The number of rotatable bonds is 3. The summed E-state index contributed by atoms with van der Waals surface area (Å²) in [7, 11) is 0. The first-order valence-electron chi connectivity index (χ1n) is 6.30. The molecule has 0 spiro atoms. The van der Waals surface area contributed by atoms with Crippen LogP contribution in [0.3, 0.4) is 0 Å². The van der Waals surface area contributed by atoms with Crippen molar-refractivity contribution in [3.8, 4) is 11.9 Å². The highest BCUT2D eigenvalue weighted by Crippen LogP contribution is 2.13. The van der Waals surface area contributed by atoms with Crippen molar-refractivity contribution >= 4 is 0 Å². The van der Waals surface area contributed by atoms with Gasteiger partial charge in [0, 0.05) is 17.8 Å². The van der Waals surface area contributed by atoms with E-state index in [1.807, 2.05) is 19.9 Å². The molecule has 5 heteroatoms. The molecule has 0 amide bonds. The molecule has 104 valence electrons. The zero-order chi connectivity index (χ0) is 15.0. The van der Waals surface area contributed by atoms with Gasteiger partial charge in [-0.15, -0.1) is 0 Å². The Hall–Kier alpha value is -2.48. The normalized spacial score (nSPS) is 9.15. The molecule has 0 aliphatic heterocycles. The summed E-state index contributed by atoms with van der Waals surface area (Å²) in [4.78, 5) is 7.98. The number of halogens is 1. The minimum Gasteiger partial charge on any atom is -0.473 e. The Morgan fingerprint density at radius 1 is 1.30 bits per heavy atom. The van der Waals surface area contributed by atoms with Gasteiger partial charge in [-0.1, -0.05) is 19.9 Å². The van der Waals surface area contributed by atoms with Gasteiger partial charge in [0.1, 0.15) is 18.2 Å². The molecule has 0 saturated carbocycles. The Bertz CT molecular complexity index is 608. The van der Waals surface area contributed by atoms with Crippen molar-refractivity contribution in [2.45, 2.75) is 27.4 Å². The maximum absolute atomic E-state index is 13.6. The predicted octanol–water partition coefficient (Wildman–Crippen LogP) is 3.40. The van der Waals surface area contributed by atoms with E-state index in [-0.39, 0.29) is 12.2 Å². The van der Waals surface area contributed by atoms with Crippen LogP contribution in [0.1, 0.15) is 30.8 Å². The standard InChI is InChI=1S/C13H10FN3O.C2H6/c1-9-16-5-4-13(17-9)18-8-11-3-2-10(7-15)6-12(11)14;1-2/h2-6H,8H2,1H3;1-2H3. The van der Waals surface area contributed by atoms with Gasteiger partial charge in [0.05, 0.1) is 11.6 Å². The number of hydrogen-bond donors (Lipinski definition) is 0. The smallest absolute Gasteiger partial charge is 0.216 e. The lowest BCUT2D eigenvalue weighted by molar-refractivity contribution is 0.287. The van der Waals surface area contributed by atoms with Crippen molar-refractivity contribution in [2.75, 3.05) is 0 Å². The van der Waals surface area contributed by atoms with Crippen LogP contribution in [0.5, 0.6) is 5.88 Å². The summed E-state index contributed by atoms with van der Waals surface area (Å²) >= 11 is 0. The van der Waals surface area contributed by atoms with Gasteiger partial charge >= 0.3 is 0 Å².